The van der Waals surface area contributed by atoms with Crippen molar-refractivity contribution in [3.8, 4) is 0 Å². The van der Waals surface area contributed by atoms with E-state index in [4.69, 9.17) is 16.3 Å². The van der Waals surface area contributed by atoms with Crippen molar-refractivity contribution in [1.29, 1.82) is 0 Å². The van der Waals surface area contributed by atoms with Gasteiger partial charge in [-0.25, -0.2) is 4.79 Å². The SMILES string of the molecule is CCOC(=O)C1=C(NC(C)=O)SCC1c1ccc(Cl)cc1. The van der Waals surface area contributed by atoms with Crippen LogP contribution in [0.25, 0.3) is 0 Å². The van der Waals surface area contributed by atoms with Gasteiger partial charge < -0.3 is 10.1 Å². The van der Waals surface area contributed by atoms with E-state index in [9.17, 15) is 9.59 Å². The van der Waals surface area contributed by atoms with E-state index in [-0.39, 0.29) is 17.8 Å². The minimum atomic E-state index is -0.383. The van der Waals surface area contributed by atoms with Crippen LogP contribution in [-0.2, 0) is 14.3 Å². The summed E-state index contributed by atoms with van der Waals surface area (Å²) < 4.78 is 5.13. The molecule has 0 radical (unpaired) electrons. The van der Waals surface area contributed by atoms with E-state index >= 15 is 0 Å². The Hall–Kier alpha value is -1.46. The van der Waals surface area contributed by atoms with Crippen LogP contribution in [0, 0.1) is 0 Å². The first kappa shape index (κ1) is 15.9. The summed E-state index contributed by atoms with van der Waals surface area (Å²) in [5.74, 6) is 0.00111. The van der Waals surface area contributed by atoms with Gasteiger partial charge in [0.05, 0.1) is 17.2 Å². The Morgan fingerprint density at radius 2 is 2.05 bits per heavy atom. The van der Waals surface area contributed by atoms with Crippen LogP contribution in [0.4, 0.5) is 0 Å². The van der Waals surface area contributed by atoms with E-state index in [0.29, 0.717) is 28.0 Å². The fourth-order valence-electron chi connectivity index (χ4n) is 2.15. The molecule has 0 spiro atoms. The van der Waals surface area contributed by atoms with Gasteiger partial charge in [0.2, 0.25) is 5.91 Å². The number of amides is 1. The molecule has 0 aromatic heterocycles. The fourth-order valence-corrected chi connectivity index (χ4v) is 3.57. The lowest BCUT2D eigenvalue weighted by atomic mass is 9.93. The van der Waals surface area contributed by atoms with Crippen molar-refractivity contribution in [1.82, 2.24) is 5.32 Å². The maximum absolute atomic E-state index is 12.2. The standard InChI is InChI=1S/C15H16ClNO3S/c1-3-20-15(19)13-12(8-21-14(13)17-9(2)18)10-4-6-11(16)7-5-10/h4-7,12H,3,8H2,1-2H3,(H,17,18). The van der Waals surface area contributed by atoms with Gasteiger partial charge in [0, 0.05) is 23.6 Å². The van der Waals surface area contributed by atoms with Crippen molar-refractivity contribution in [3.63, 3.8) is 0 Å². The van der Waals surface area contributed by atoms with Crippen molar-refractivity contribution in [2.75, 3.05) is 12.4 Å². The lowest BCUT2D eigenvalue weighted by molar-refractivity contribution is -0.138. The van der Waals surface area contributed by atoms with E-state index in [1.807, 2.05) is 12.1 Å². The van der Waals surface area contributed by atoms with E-state index in [0.717, 1.165) is 5.56 Å². The van der Waals surface area contributed by atoms with Crippen LogP contribution in [0.2, 0.25) is 5.02 Å². The number of carbonyl (C=O) groups excluding carboxylic acids is 2. The Kier molecular flexibility index (Phi) is 5.31. The van der Waals surface area contributed by atoms with Crippen molar-refractivity contribution in [2.24, 2.45) is 0 Å². The van der Waals surface area contributed by atoms with Gasteiger partial charge in [0.15, 0.2) is 0 Å². The molecule has 1 unspecified atom stereocenters. The minimum Gasteiger partial charge on any atom is -0.463 e. The molecular formula is C15H16ClNO3S. The summed E-state index contributed by atoms with van der Waals surface area (Å²) in [7, 11) is 0. The molecule has 0 aliphatic carbocycles. The third-order valence-electron chi connectivity index (χ3n) is 3.04. The monoisotopic (exact) mass is 325 g/mol. The third-order valence-corrected chi connectivity index (χ3v) is 4.41. The predicted octanol–water partition coefficient (Wildman–Crippen LogP) is 3.08. The van der Waals surface area contributed by atoms with Gasteiger partial charge in [-0.3, -0.25) is 4.79 Å². The molecule has 4 nitrogen and oxygen atoms in total. The Labute approximate surface area is 132 Å². The molecule has 0 saturated carbocycles. The van der Waals surface area contributed by atoms with Crippen molar-refractivity contribution in [3.05, 3.63) is 45.5 Å². The van der Waals surface area contributed by atoms with Gasteiger partial charge in [-0.2, -0.15) is 0 Å². The summed E-state index contributed by atoms with van der Waals surface area (Å²) in [5.41, 5.74) is 1.50. The number of nitrogens with one attached hydrogen (secondary N) is 1. The number of hydrogen-bond donors (Lipinski definition) is 1. The van der Waals surface area contributed by atoms with E-state index < -0.39 is 0 Å². The summed E-state index contributed by atoms with van der Waals surface area (Å²) in [6, 6.07) is 7.37. The molecule has 0 saturated heterocycles. The number of ether oxygens (including phenoxy) is 1. The molecule has 0 fully saturated rings. The van der Waals surface area contributed by atoms with Gasteiger partial charge in [-0.05, 0) is 24.6 Å². The highest BCUT2D eigenvalue weighted by Gasteiger charge is 2.34. The maximum Gasteiger partial charge on any atom is 0.337 e. The first-order valence-corrected chi connectivity index (χ1v) is 7.96. The van der Waals surface area contributed by atoms with Crippen LogP contribution >= 0.6 is 23.4 Å². The highest BCUT2D eigenvalue weighted by Crippen LogP contribution is 2.41. The molecule has 21 heavy (non-hydrogen) atoms. The lowest BCUT2D eigenvalue weighted by Gasteiger charge is -2.14. The van der Waals surface area contributed by atoms with Crippen LogP contribution in [0.5, 0.6) is 0 Å². The normalized spacial score (nSPS) is 17.8. The zero-order valence-corrected chi connectivity index (χ0v) is 13.4. The van der Waals surface area contributed by atoms with Crippen LogP contribution in [0.3, 0.4) is 0 Å². The van der Waals surface area contributed by atoms with Crippen LogP contribution < -0.4 is 5.32 Å². The molecule has 1 heterocycles. The Bertz CT molecular complexity index is 583. The largest absolute Gasteiger partial charge is 0.463 e. The van der Waals surface area contributed by atoms with E-state index in [1.165, 1.54) is 18.7 Å². The Balaban J connectivity index is 2.36. The van der Waals surface area contributed by atoms with Gasteiger partial charge in [-0.15, -0.1) is 11.8 Å². The second kappa shape index (κ2) is 7.00. The number of rotatable bonds is 4. The topological polar surface area (TPSA) is 55.4 Å². The zero-order chi connectivity index (χ0) is 15.4. The summed E-state index contributed by atoms with van der Waals surface area (Å²) in [4.78, 5) is 23.5. The average molecular weight is 326 g/mol. The first-order chi connectivity index (χ1) is 10.0. The first-order valence-electron chi connectivity index (χ1n) is 6.60. The Morgan fingerprint density at radius 1 is 1.38 bits per heavy atom. The van der Waals surface area contributed by atoms with Gasteiger partial charge in [-0.1, -0.05) is 23.7 Å². The number of esters is 1. The molecule has 2 rings (SSSR count). The second-order valence-corrected chi connectivity index (χ2v) is 6.03. The van der Waals surface area contributed by atoms with Gasteiger partial charge in [0.1, 0.15) is 0 Å². The minimum absolute atomic E-state index is 0.104. The quantitative estimate of drug-likeness (QED) is 0.864. The molecule has 1 atom stereocenters. The van der Waals surface area contributed by atoms with Gasteiger partial charge >= 0.3 is 5.97 Å². The molecule has 6 heteroatoms. The lowest BCUT2D eigenvalue weighted by Crippen LogP contribution is -2.21. The molecule has 1 aliphatic rings. The fraction of sp³-hybridized carbons (Fsp3) is 0.333. The zero-order valence-electron chi connectivity index (χ0n) is 11.8. The summed E-state index contributed by atoms with van der Waals surface area (Å²) >= 11 is 7.35. The van der Waals surface area contributed by atoms with Crippen LogP contribution in [0.1, 0.15) is 25.3 Å². The maximum atomic E-state index is 12.2. The van der Waals surface area contributed by atoms with Crippen molar-refractivity contribution < 1.29 is 14.3 Å². The summed E-state index contributed by atoms with van der Waals surface area (Å²) in [6.07, 6.45) is 0. The molecule has 1 amide bonds. The molecular weight excluding hydrogens is 310 g/mol. The molecule has 1 aromatic rings. The Morgan fingerprint density at radius 3 is 2.62 bits per heavy atom. The summed E-state index contributed by atoms with van der Waals surface area (Å²) in [6.45, 7) is 3.48. The highest BCUT2D eigenvalue weighted by molar-refractivity contribution is 8.03. The van der Waals surface area contributed by atoms with Crippen LogP contribution in [0.15, 0.2) is 34.9 Å². The second-order valence-electron chi connectivity index (χ2n) is 4.56. The number of thioether (sulfide) groups is 1. The molecule has 1 aliphatic heterocycles. The predicted molar refractivity (Wildman–Crippen MR) is 84.1 cm³/mol. The van der Waals surface area contributed by atoms with Crippen molar-refractivity contribution >= 4 is 35.2 Å². The van der Waals surface area contributed by atoms with E-state index in [1.54, 1.807) is 19.1 Å². The number of carbonyl (C=O) groups is 2. The molecule has 1 N–H and O–H groups in total. The molecule has 0 bridgehead atoms. The number of hydrogen-bond acceptors (Lipinski definition) is 4. The number of halogens is 1. The average Bonchev–Trinajstić information content (AvgIpc) is 2.82. The highest BCUT2D eigenvalue weighted by atomic mass is 35.5. The van der Waals surface area contributed by atoms with Crippen molar-refractivity contribution in [2.45, 2.75) is 19.8 Å². The molecule has 112 valence electrons. The van der Waals surface area contributed by atoms with E-state index in [2.05, 4.69) is 5.32 Å². The van der Waals surface area contributed by atoms with Gasteiger partial charge in [0.25, 0.3) is 0 Å². The van der Waals surface area contributed by atoms with Crippen LogP contribution in [-0.4, -0.2) is 24.2 Å². The molecule has 1 aromatic carbocycles. The smallest absolute Gasteiger partial charge is 0.337 e. The summed E-state index contributed by atoms with van der Waals surface area (Å²) in [5, 5.41) is 3.95. The number of benzene rings is 1. The third kappa shape index (κ3) is 3.80.